The molecule has 1 aromatic rings. The fourth-order valence-electron chi connectivity index (χ4n) is 1.69. The van der Waals surface area contributed by atoms with Crippen LogP contribution in [0.15, 0.2) is 23.8 Å². The van der Waals surface area contributed by atoms with Gasteiger partial charge in [0.1, 0.15) is 0 Å². The van der Waals surface area contributed by atoms with Gasteiger partial charge in [-0.1, -0.05) is 23.3 Å². The maximum atomic E-state index is 5.90. The molecule has 0 bridgehead atoms. The Bertz CT molecular complexity index is 366. The molecule has 3 heteroatoms. The molecule has 0 unspecified atom stereocenters. The van der Waals surface area contributed by atoms with Crippen LogP contribution in [-0.2, 0) is 6.42 Å². The standard InChI is InChI=1S/C13H18ClNS/c1-10(3-2-8-15-11-4-5-11)9-12-6-7-13(14)16-12/h3,6-7,11,15H,2,4-5,8-9H2,1H3. The summed E-state index contributed by atoms with van der Waals surface area (Å²) in [6.07, 6.45) is 7.26. The summed E-state index contributed by atoms with van der Waals surface area (Å²) in [5.41, 5.74) is 1.44. The second-order valence-corrected chi connectivity index (χ2v) is 6.25. The zero-order valence-corrected chi connectivity index (χ0v) is 11.2. The van der Waals surface area contributed by atoms with E-state index in [9.17, 15) is 0 Å². The Labute approximate surface area is 107 Å². The van der Waals surface area contributed by atoms with Gasteiger partial charge in [0.15, 0.2) is 0 Å². The summed E-state index contributed by atoms with van der Waals surface area (Å²) in [5, 5.41) is 3.52. The van der Waals surface area contributed by atoms with Gasteiger partial charge in [0, 0.05) is 17.3 Å². The highest BCUT2D eigenvalue weighted by Gasteiger charge is 2.19. The van der Waals surface area contributed by atoms with Gasteiger partial charge in [-0.3, -0.25) is 0 Å². The van der Waals surface area contributed by atoms with Gasteiger partial charge in [-0.15, -0.1) is 11.3 Å². The predicted molar refractivity (Wildman–Crippen MR) is 72.4 cm³/mol. The van der Waals surface area contributed by atoms with E-state index >= 15 is 0 Å². The summed E-state index contributed by atoms with van der Waals surface area (Å²) < 4.78 is 0.887. The molecule has 0 aliphatic heterocycles. The summed E-state index contributed by atoms with van der Waals surface area (Å²) in [6.45, 7) is 3.32. The molecule has 0 spiro atoms. The van der Waals surface area contributed by atoms with Gasteiger partial charge in [-0.25, -0.2) is 0 Å². The van der Waals surface area contributed by atoms with Crippen molar-refractivity contribution in [2.24, 2.45) is 0 Å². The first-order chi connectivity index (χ1) is 7.74. The van der Waals surface area contributed by atoms with Gasteiger partial charge in [0.25, 0.3) is 0 Å². The largest absolute Gasteiger partial charge is 0.314 e. The monoisotopic (exact) mass is 255 g/mol. The summed E-state index contributed by atoms with van der Waals surface area (Å²) in [4.78, 5) is 1.36. The van der Waals surface area contributed by atoms with E-state index in [4.69, 9.17) is 11.6 Å². The van der Waals surface area contributed by atoms with Crippen LogP contribution in [0.5, 0.6) is 0 Å². The maximum absolute atomic E-state index is 5.90. The SMILES string of the molecule is CC(=CCCNC1CC1)Cc1ccc(Cl)s1. The van der Waals surface area contributed by atoms with Gasteiger partial charge in [-0.2, -0.15) is 0 Å². The number of halogens is 1. The molecule has 0 saturated heterocycles. The minimum absolute atomic E-state index is 0.824. The van der Waals surface area contributed by atoms with Crippen LogP contribution in [0.2, 0.25) is 4.34 Å². The fraction of sp³-hybridized carbons (Fsp3) is 0.538. The number of nitrogens with one attached hydrogen (secondary N) is 1. The summed E-state index contributed by atoms with van der Waals surface area (Å²) in [5.74, 6) is 0. The van der Waals surface area contributed by atoms with E-state index < -0.39 is 0 Å². The first kappa shape index (κ1) is 12.2. The molecule has 1 aliphatic rings. The Morgan fingerprint density at radius 3 is 3.00 bits per heavy atom. The zero-order chi connectivity index (χ0) is 11.4. The first-order valence-corrected chi connectivity index (χ1v) is 7.07. The number of rotatable bonds is 6. The lowest BCUT2D eigenvalue weighted by Gasteiger charge is -2.01. The smallest absolute Gasteiger partial charge is 0.0931 e. The predicted octanol–water partition coefficient (Wildman–Crippen LogP) is 4.03. The van der Waals surface area contributed by atoms with Crippen LogP contribution in [0.1, 0.15) is 31.1 Å². The average molecular weight is 256 g/mol. The second kappa shape index (κ2) is 5.85. The van der Waals surface area contributed by atoms with Gasteiger partial charge in [0.2, 0.25) is 0 Å². The van der Waals surface area contributed by atoms with E-state index in [2.05, 4.69) is 24.4 Å². The van der Waals surface area contributed by atoms with Crippen molar-refractivity contribution in [3.8, 4) is 0 Å². The maximum Gasteiger partial charge on any atom is 0.0931 e. The van der Waals surface area contributed by atoms with E-state index in [0.717, 1.165) is 29.8 Å². The molecule has 0 atom stereocenters. The molecule has 1 aromatic heterocycles. The van der Waals surface area contributed by atoms with Crippen LogP contribution < -0.4 is 5.32 Å². The third-order valence-corrected chi connectivity index (χ3v) is 3.96. The topological polar surface area (TPSA) is 12.0 Å². The third-order valence-electron chi connectivity index (χ3n) is 2.73. The van der Waals surface area contributed by atoms with Gasteiger partial charge >= 0.3 is 0 Å². The molecule has 1 nitrogen and oxygen atoms in total. The number of thiophene rings is 1. The van der Waals surface area contributed by atoms with Gasteiger partial charge in [-0.05, 0) is 44.9 Å². The zero-order valence-electron chi connectivity index (χ0n) is 9.63. The summed E-state index contributed by atoms with van der Waals surface area (Å²) in [6, 6.07) is 4.92. The van der Waals surface area contributed by atoms with E-state index in [1.807, 2.05) is 6.07 Å². The molecule has 0 aromatic carbocycles. The van der Waals surface area contributed by atoms with Crippen molar-refractivity contribution in [3.05, 3.63) is 33.0 Å². The molecular weight excluding hydrogens is 238 g/mol. The fourth-order valence-corrected chi connectivity index (χ4v) is 2.87. The van der Waals surface area contributed by atoms with E-state index in [0.29, 0.717) is 0 Å². The number of allylic oxidation sites excluding steroid dienone is 1. The van der Waals surface area contributed by atoms with E-state index in [-0.39, 0.29) is 0 Å². The lowest BCUT2D eigenvalue weighted by molar-refractivity contribution is 0.688. The molecule has 88 valence electrons. The summed E-state index contributed by atoms with van der Waals surface area (Å²) in [7, 11) is 0. The molecular formula is C13H18ClNS. The van der Waals surface area contributed by atoms with Crippen LogP contribution in [0.4, 0.5) is 0 Å². The van der Waals surface area contributed by atoms with Crippen molar-refractivity contribution in [2.75, 3.05) is 6.54 Å². The molecule has 1 aliphatic carbocycles. The van der Waals surface area contributed by atoms with Crippen LogP contribution >= 0.6 is 22.9 Å². The molecule has 1 saturated carbocycles. The van der Waals surface area contributed by atoms with Crippen LogP contribution in [-0.4, -0.2) is 12.6 Å². The minimum Gasteiger partial charge on any atom is -0.314 e. The van der Waals surface area contributed by atoms with Crippen LogP contribution in [0, 0.1) is 0 Å². The van der Waals surface area contributed by atoms with Crippen molar-refractivity contribution in [3.63, 3.8) is 0 Å². The van der Waals surface area contributed by atoms with Crippen molar-refractivity contribution < 1.29 is 0 Å². The highest BCUT2D eigenvalue weighted by molar-refractivity contribution is 7.16. The average Bonchev–Trinajstić information content (AvgIpc) is 2.98. The number of hydrogen-bond donors (Lipinski definition) is 1. The molecule has 2 rings (SSSR count). The van der Waals surface area contributed by atoms with Crippen molar-refractivity contribution in [1.29, 1.82) is 0 Å². The van der Waals surface area contributed by atoms with Crippen molar-refractivity contribution >= 4 is 22.9 Å². The third kappa shape index (κ3) is 4.28. The molecule has 1 heterocycles. The van der Waals surface area contributed by atoms with Crippen LogP contribution in [0.25, 0.3) is 0 Å². The Morgan fingerprint density at radius 1 is 1.56 bits per heavy atom. The normalized spacial score (nSPS) is 16.8. The van der Waals surface area contributed by atoms with Gasteiger partial charge < -0.3 is 5.32 Å². The minimum atomic E-state index is 0.824. The quantitative estimate of drug-likeness (QED) is 0.598. The second-order valence-electron chi connectivity index (χ2n) is 4.45. The van der Waals surface area contributed by atoms with Gasteiger partial charge in [0.05, 0.1) is 4.34 Å². The Hall–Kier alpha value is -0.310. The highest BCUT2D eigenvalue weighted by atomic mass is 35.5. The molecule has 1 N–H and O–H groups in total. The Kier molecular flexibility index (Phi) is 4.45. The molecule has 1 fully saturated rings. The highest BCUT2D eigenvalue weighted by Crippen LogP contribution is 2.23. The number of hydrogen-bond acceptors (Lipinski definition) is 2. The molecule has 16 heavy (non-hydrogen) atoms. The Balaban J connectivity index is 1.69. The summed E-state index contributed by atoms with van der Waals surface area (Å²) >= 11 is 7.58. The van der Waals surface area contributed by atoms with E-state index in [1.165, 1.54) is 23.3 Å². The van der Waals surface area contributed by atoms with Crippen molar-refractivity contribution in [1.82, 2.24) is 5.32 Å². The first-order valence-electron chi connectivity index (χ1n) is 5.87. The van der Waals surface area contributed by atoms with E-state index in [1.54, 1.807) is 11.3 Å². The molecule has 0 amide bonds. The van der Waals surface area contributed by atoms with Crippen molar-refractivity contribution in [2.45, 2.75) is 38.6 Å². The lowest BCUT2D eigenvalue weighted by Crippen LogP contribution is -2.16. The Morgan fingerprint density at radius 2 is 2.38 bits per heavy atom. The van der Waals surface area contributed by atoms with Crippen LogP contribution in [0.3, 0.4) is 0 Å². The molecule has 0 radical (unpaired) electrons. The lowest BCUT2D eigenvalue weighted by atomic mass is 10.1.